The number of allylic oxidation sites excluding steroid dienone is 6. The molecular formula is C48H36N2O. The SMILES string of the molecule is C1=Cc2c(cccc2-c2ccc(-c3cc(-c4cc5ccccc5c5ccccc45)cc4oc(C5=CCC(C6=CCCN=C6)C=C5)nc34)cc2)CC1. The van der Waals surface area contributed by atoms with Crippen molar-refractivity contribution < 1.29 is 4.42 Å². The lowest BCUT2D eigenvalue weighted by atomic mass is 9.89. The first kappa shape index (κ1) is 29.8. The molecule has 2 aliphatic carbocycles. The van der Waals surface area contributed by atoms with Crippen LogP contribution < -0.4 is 0 Å². The van der Waals surface area contributed by atoms with Gasteiger partial charge in [-0.15, -0.1) is 0 Å². The first-order valence-corrected chi connectivity index (χ1v) is 18.1. The van der Waals surface area contributed by atoms with Crippen LogP contribution in [0.25, 0.3) is 77.7 Å². The van der Waals surface area contributed by atoms with Crippen LogP contribution in [0.4, 0.5) is 0 Å². The van der Waals surface area contributed by atoms with E-state index in [0.29, 0.717) is 11.8 Å². The Kier molecular flexibility index (Phi) is 7.23. The smallest absolute Gasteiger partial charge is 0.226 e. The molecule has 7 aromatic rings. The molecule has 244 valence electrons. The number of dihydropyridines is 1. The Morgan fingerprint density at radius 3 is 2.29 bits per heavy atom. The summed E-state index contributed by atoms with van der Waals surface area (Å²) in [4.78, 5) is 9.71. The van der Waals surface area contributed by atoms with E-state index in [1.165, 1.54) is 54.9 Å². The van der Waals surface area contributed by atoms with E-state index in [2.05, 4.69) is 151 Å². The van der Waals surface area contributed by atoms with E-state index in [-0.39, 0.29) is 0 Å². The number of aromatic nitrogens is 1. The lowest BCUT2D eigenvalue weighted by molar-refractivity contribution is 0.584. The summed E-state index contributed by atoms with van der Waals surface area (Å²) in [6.45, 7) is 0.886. The Hall–Kier alpha value is -6.06. The monoisotopic (exact) mass is 656 g/mol. The molecule has 1 aromatic heterocycles. The van der Waals surface area contributed by atoms with E-state index < -0.39 is 0 Å². The van der Waals surface area contributed by atoms with Gasteiger partial charge in [-0.2, -0.15) is 0 Å². The number of aliphatic imine (C=N–C) groups is 1. The lowest BCUT2D eigenvalue weighted by Crippen LogP contribution is -2.07. The fraction of sp³-hybridized carbons (Fsp3) is 0.125. The summed E-state index contributed by atoms with van der Waals surface area (Å²) in [6, 6.07) is 39.9. The molecule has 0 N–H and O–H groups in total. The van der Waals surface area contributed by atoms with Gasteiger partial charge < -0.3 is 4.42 Å². The zero-order valence-corrected chi connectivity index (χ0v) is 28.3. The van der Waals surface area contributed by atoms with Crippen LogP contribution in [-0.4, -0.2) is 17.7 Å². The number of benzene rings is 6. The standard InChI is InChI=1S/C48H36N2O/c1-3-13-39-32(9-1)11-7-17-40(39)33-20-22-34(23-21-33)45-28-38(44-27-36-10-2-4-14-41(36)42-15-5-6-16-43(42)44)29-46-47(45)50-48(51-46)35-24-18-31(19-25-35)37-12-8-26-49-30-37/h2-7,10-18,20-25,27-31H,1,8-9,19,26H2. The van der Waals surface area contributed by atoms with Crippen molar-refractivity contribution in [3.05, 3.63) is 162 Å². The zero-order valence-electron chi connectivity index (χ0n) is 28.3. The van der Waals surface area contributed by atoms with Gasteiger partial charge >= 0.3 is 0 Å². The summed E-state index contributed by atoms with van der Waals surface area (Å²) in [7, 11) is 0. The maximum Gasteiger partial charge on any atom is 0.226 e. The fourth-order valence-corrected chi connectivity index (χ4v) is 8.17. The molecule has 3 heteroatoms. The highest BCUT2D eigenvalue weighted by Crippen LogP contribution is 2.41. The normalized spacial score (nSPS) is 16.8. The van der Waals surface area contributed by atoms with Crippen LogP contribution in [0.1, 0.15) is 36.3 Å². The molecule has 3 nitrogen and oxygen atoms in total. The molecular weight excluding hydrogens is 621 g/mol. The van der Waals surface area contributed by atoms with Gasteiger partial charge in [-0.3, -0.25) is 4.99 Å². The van der Waals surface area contributed by atoms with Gasteiger partial charge in [0.1, 0.15) is 5.52 Å². The fourth-order valence-electron chi connectivity index (χ4n) is 8.17. The second-order valence-electron chi connectivity index (χ2n) is 13.9. The second-order valence-corrected chi connectivity index (χ2v) is 13.9. The van der Waals surface area contributed by atoms with Gasteiger partial charge in [0.15, 0.2) is 5.58 Å². The Bertz CT molecular complexity index is 2660. The van der Waals surface area contributed by atoms with Crippen LogP contribution in [0.15, 0.2) is 155 Å². The Labute approximate surface area is 297 Å². The molecule has 0 saturated carbocycles. The third-order valence-corrected chi connectivity index (χ3v) is 10.8. The number of fused-ring (bicyclic) bond motifs is 5. The third-order valence-electron chi connectivity index (χ3n) is 10.8. The van der Waals surface area contributed by atoms with E-state index in [1.54, 1.807) is 0 Å². The minimum absolute atomic E-state index is 0.342. The van der Waals surface area contributed by atoms with Crippen molar-refractivity contribution >= 4 is 50.5 Å². The first-order valence-electron chi connectivity index (χ1n) is 18.1. The average Bonchev–Trinajstić information content (AvgIpc) is 3.65. The summed E-state index contributed by atoms with van der Waals surface area (Å²) >= 11 is 0. The van der Waals surface area contributed by atoms with Gasteiger partial charge in [0.2, 0.25) is 5.89 Å². The summed E-state index contributed by atoms with van der Waals surface area (Å²) in [6.07, 6.45) is 19.8. The number of oxazole rings is 1. The molecule has 0 amide bonds. The van der Waals surface area contributed by atoms with Crippen LogP contribution in [0.5, 0.6) is 0 Å². The van der Waals surface area contributed by atoms with Crippen molar-refractivity contribution in [3.63, 3.8) is 0 Å². The summed E-state index contributed by atoms with van der Waals surface area (Å²) in [5.74, 6) is 1.00. The van der Waals surface area contributed by atoms with Crippen molar-refractivity contribution in [2.24, 2.45) is 10.9 Å². The topological polar surface area (TPSA) is 38.4 Å². The minimum Gasteiger partial charge on any atom is -0.436 e. The van der Waals surface area contributed by atoms with Crippen LogP contribution in [-0.2, 0) is 6.42 Å². The Morgan fingerprint density at radius 2 is 1.47 bits per heavy atom. The van der Waals surface area contributed by atoms with Gasteiger partial charge in [0.05, 0.1) is 0 Å². The highest BCUT2D eigenvalue weighted by Gasteiger charge is 2.21. The van der Waals surface area contributed by atoms with Crippen molar-refractivity contribution in [1.29, 1.82) is 0 Å². The third kappa shape index (κ3) is 5.28. The molecule has 0 spiro atoms. The van der Waals surface area contributed by atoms with Crippen LogP contribution in [0.2, 0.25) is 0 Å². The molecule has 1 unspecified atom stereocenters. The molecule has 1 atom stereocenters. The molecule has 2 heterocycles. The molecule has 10 rings (SSSR count). The van der Waals surface area contributed by atoms with Gasteiger partial charge in [0, 0.05) is 29.8 Å². The summed E-state index contributed by atoms with van der Waals surface area (Å²) in [5, 5.41) is 4.96. The van der Waals surface area contributed by atoms with Crippen LogP contribution in [0, 0.1) is 5.92 Å². The quantitative estimate of drug-likeness (QED) is 0.173. The van der Waals surface area contributed by atoms with Gasteiger partial charge in [-0.1, -0.05) is 127 Å². The average molecular weight is 657 g/mol. The maximum absolute atomic E-state index is 6.69. The zero-order chi connectivity index (χ0) is 33.7. The van der Waals surface area contributed by atoms with Crippen LogP contribution >= 0.6 is 0 Å². The molecule has 0 radical (unpaired) electrons. The Balaban J connectivity index is 1.12. The van der Waals surface area contributed by atoms with Crippen LogP contribution in [0.3, 0.4) is 0 Å². The van der Waals surface area contributed by atoms with E-state index in [1.807, 2.05) is 6.21 Å². The van der Waals surface area contributed by atoms with Gasteiger partial charge in [-0.25, -0.2) is 4.98 Å². The van der Waals surface area contributed by atoms with Crippen molar-refractivity contribution in [2.45, 2.75) is 25.7 Å². The van der Waals surface area contributed by atoms with E-state index in [0.717, 1.165) is 65.6 Å². The van der Waals surface area contributed by atoms with Gasteiger partial charge in [0.25, 0.3) is 0 Å². The predicted octanol–water partition coefficient (Wildman–Crippen LogP) is 12.5. The molecule has 0 bridgehead atoms. The maximum atomic E-state index is 6.69. The molecule has 6 aromatic carbocycles. The number of aryl methyl sites for hydroxylation is 1. The molecule has 51 heavy (non-hydrogen) atoms. The highest BCUT2D eigenvalue weighted by molar-refractivity contribution is 6.14. The van der Waals surface area contributed by atoms with Crippen molar-refractivity contribution in [1.82, 2.24) is 4.98 Å². The summed E-state index contributed by atoms with van der Waals surface area (Å²) in [5.41, 5.74) is 13.8. The first-order chi connectivity index (χ1) is 25.3. The van der Waals surface area contributed by atoms with Gasteiger partial charge in [-0.05, 0) is 110 Å². The van der Waals surface area contributed by atoms with Crippen molar-refractivity contribution in [3.8, 4) is 33.4 Å². The number of rotatable bonds is 5. The van der Waals surface area contributed by atoms with E-state index in [9.17, 15) is 0 Å². The summed E-state index contributed by atoms with van der Waals surface area (Å²) < 4.78 is 6.69. The molecule has 0 fully saturated rings. The molecule has 0 saturated heterocycles. The number of hydrogen-bond acceptors (Lipinski definition) is 3. The predicted molar refractivity (Wildman–Crippen MR) is 214 cm³/mol. The van der Waals surface area contributed by atoms with E-state index >= 15 is 0 Å². The second kappa shape index (κ2) is 12.4. The number of nitrogens with zero attached hydrogens (tertiary/aromatic N) is 2. The Morgan fingerprint density at radius 1 is 0.647 bits per heavy atom. The van der Waals surface area contributed by atoms with Crippen molar-refractivity contribution in [2.75, 3.05) is 6.54 Å². The highest BCUT2D eigenvalue weighted by atomic mass is 16.3. The lowest BCUT2D eigenvalue weighted by Gasteiger charge is -2.17. The number of hydrogen-bond donors (Lipinski definition) is 0. The molecule has 1 aliphatic heterocycles. The largest absolute Gasteiger partial charge is 0.436 e. The minimum atomic E-state index is 0.342. The van der Waals surface area contributed by atoms with E-state index in [4.69, 9.17) is 9.40 Å². The molecule has 3 aliphatic rings.